The molecule has 0 amide bonds. The number of aromatic hydroxyl groups is 1. The lowest BCUT2D eigenvalue weighted by Gasteiger charge is -2.09. The van der Waals surface area contributed by atoms with Crippen molar-refractivity contribution in [1.29, 1.82) is 0 Å². The van der Waals surface area contributed by atoms with Gasteiger partial charge in [-0.15, -0.1) is 12.4 Å². The largest absolute Gasteiger partial charge is 0.505 e. The molecule has 0 atom stereocenters. The molecular formula is C14H12ClNO. The molecule has 0 aliphatic carbocycles. The molecule has 0 fully saturated rings. The van der Waals surface area contributed by atoms with Crippen molar-refractivity contribution in [3.05, 3.63) is 48.5 Å². The first-order valence-electron chi connectivity index (χ1n) is 5.17. The summed E-state index contributed by atoms with van der Waals surface area (Å²) in [5.41, 5.74) is 6.39. The van der Waals surface area contributed by atoms with Crippen LogP contribution in [0.15, 0.2) is 48.5 Å². The monoisotopic (exact) mass is 245 g/mol. The Morgan fingerprint density at radius 1 is 0.706 bits per heavy atom. The van der Waals surface area contributed by atoms with Crippen LogP contribution in [0.25, 0.3) is 21.5 Å². The third-order valence-electron chi connectivity index (χ3n) is 2.94. The van der Waals surface area contributed by atoms with E-state index in [1.165, 1.54) is 0 Å². The van der Waals surface area contributed by atoms with E-state index in [1.807, 2.05) is 48.5 Å². The average molecular weight is 246 g/mol. The summed E-state index contributed by atoms with van der Waals surface area (Å²) in [6.45, 7) is 0. The van der Waals surface area contributed by atoms with Gasteiger partial charge in [0.15, 0.2) is 0 Å². The molecule has 0 saturated heterocycles. The van der Waals surface area contributed by atoms with Gasteiger partial charge >= 0.3 is 0 Å². The number of hydrogen-bond acceptors (Lipinski definition) is 2. The second-order valence-corrected chi connectivity index (χ2v) is 3.85. The van der Waals surface area contributed by atoms with Crippen LogP contribution in [0, 0.1) is 0 Å². The Kier molecular flexibility index (Phi) is 2.82. The minimum absolute atomic E-state index is 0. The molecule has 3 N–H and O–H groups in total. The molecule has 3 aromatic carbocycles. The topological polar surface area (TPSA) is 46.2 Å². The normalized spacial score (nSPS) is 10.4. The highest BCUT2D eigenvalue weighted by molar-refractivity contribution is 6.15. The summed E-state index contributed by atoms with van der Waals surface area (Å²) in [4.78, 5) is 0. The fourth-order valence-corrected chi connectivity index (χ4v) is 2.15. The standard InChI is InChI=1S/C14H11NO.ClH/c15-13-11-7-3-1-5-9(11)10-6-2-4-8-12(10)14(13)16;/h1-8,16H,15H2;1H. The second kappa shape index (κ2) is 4.15. The van der Waals surface area contributed by atoms with Gasteiger partial charge in [-0.05, 0) is 10.8 Å². The fraction of sp³-hybridized carbons (Fsp3) is 0. The van der Waals surface area contributed by atoms with Crippen LogP contribution in [-0.4, -0.2) is 5.11 Å². The molecule has 0 unspecified atom stereocenters. The number of anilines is 1. The van der Waals surface area contributed by atoms with E-state index in [-0.39, 0.29) is 18.2 Å². The summed E-state index contributed by atoms with van der Waals surface area (Å²) in [5.74, 6) is 0.175. The van der Waals surface area contributed by atoms with Gasteiger partial charge < -0.3 is 10.8 Å². The Labute approximate surface area is 105 Å². The number of nitrogens with two attached hydrogens (primary N) is 1. The van der Waals surface area contributed by atoms with E-state index < -0.39 is 0 Å². The minimum atomic E-state index is 0. The number of phenols is 1. The van der Waals surface area contributed by atoms with Gasteiger partial charge in [0.2, 0.25) is 0 Å². The van der Waals surface area contributed by atoms with Gasteiger partial charge in [0, 0.05) is 10.8 Å². The Morgan fingerprint density at radius 2 is 1.12 bits per heavy atom. The summed E-state index contributed by atoms with van der Waals surface area (Å²) in [6, 6.07) is 15.6. The molecule has 0 heterocycles. The Morgan fingerprint density at radius 3 is 1.71 bits per heavy atom. The molecule has 3 aromatic rings. The highest BCUT2D eigenvalue weighted by Gasteiger charge is 2.09. The number of nitrogen functional groups attached to an aromatic ring is 1. The predicted molar refractivity (Wildman–Crippen MR) is 74.8 cm³/mol. The van der Waals surface area contributed by atoms with Gasteiger partial charge in [0.1, 0.15) is 5.75 Å². The molecule has 0 spiro atoms. The van der Waals surface area contributed by atoms with Crippen LogP contribution in [0.2, 0.25) is 0 Å². The van der Waals surface area contributed by atoms with Crippen LogP contribution >= 0.6 is 12.4 Å². The van der Waals surface area contributed by atoms with Crippen LogP contribution in [0.1, 0.15) is 0 Å². The molecule has 17 heavy (non-hydrogen) atoms. The summed E-state index contributed by atoms with van der Waals surface area (Å²) < 4.78 is 0. The van der Waals surface area contributed by atoms with E-state index in [0.717, 1.165) is 21.5 Å². The van der Waals surface area contributed by atoms with Crippen molar-refractivity contribution in [3.8, 4) is 5.75 Å². The summed E-state index contributed by atoms with van der Waals surface area (Å²) in [5, 5.41) is 13.8. The number of benzene rings is 3. The molecule has 86 valence electrons. The van der Waals surface area contributed by atoms with Gasteiger partial charge in [-0.2, -0.15) is 0 Å². The van der Waals surface area contributed by atoms with E-state index in [2.05, 4.69) is 0 Å². The van der Waals surface area contributed by atoms with Gasteiger partial charge in [-0.3, -0.25) is 0 Å². The van der Waals surface area contributed by atoms with Crippen molar-refractivity contribution < 1.29 is 5.11 Å². The van der Waals surface area contributed by atoms with Crippen molar-refractivity contribution in [2.75, 3.05) is 5.73 Å². The number of fused-ring (bicyclic) bond motifs is 3. The van der Waals surface area contributed by atoms with Gasteiger partial charge in [0.05, 0.1) is 5.69 Å². The maximum absolute atomic E-state index is 10.0. The lowest BCUT2D eigenvalue weighted by atomic mass is 9.99. The lowest BCUT2D eigenvalue weighted by Crippen LogP contribution is -1.89. The molecule has 2 nitrogen and oxygen atoms in total. The Balaban J connectivity index is 0.00000108. The minimum Gasteiger partial charge on any atom is -0.505 e. The zero-order valence-corrected chi connectivity index (χ0v) is 9.87. The van der Waals surface area contributed by atoms with Crippen LogP contribution in [0.3, 0.4) is 0 Å². The number of halogens is 1. The Hall–Kier alpha value is -1.93. The van der Waals surface area contributed by atoms with E-state index in [1.54, 1.807) is 0 Å². The molecule has 0 aliphatic heterocycles. The van der Waals surface area contributed by atoms with Crippen molar-refractivity contribution in [1.82, 2.24) is 0 Å². The predicted octanol–water partition coefficient (Wildman–Crippen LogP) is 3.70. The smallest absolute Gasteiger partial charge is 0.146 e. The van der Waals surface area contributed by atoms with Crippen molar-refractivity contribution in [2.45, 2.75) is 0 Å². The zero-order chi connectivity index (χ0) is 11.1. The molecule has 3 rings (SSSR count). The van der Waals surface area contributed by atoms with Crippen LogP contribution in [0.4, 0.5) is 5.69 Å². The fourth-order valence-electron chi connectivity index (χ4n) is 2.15. The van der Waals surface area contributed by atoms with Gasteiger partial charge in [0.25, 0.3) is 0 Å². The van der Waals surface area contributed by atoms with Crippen molar-refractivity contribution in [3.63, 3.8) is 0 Å². The summed E-state index contributed by atoms with van der Waals surface area (Å²) >= 11 is 0. The van der Waals surface area contributed by atoms with Gasteiger partial charge in [-0.1, -0.05) is 48.5 Å². The quantitative estimate of drug-likeness (QED) is 0.360. The second-order valence-electron chi connectivity index (χ2n) is 3.85. The van der Waals surface area contributed by atoms with Crippen LogP contribution < -0.4 is 5.73 Å². The maximum Gasteiger partial charge on any atom is 0.146 e. The third kappa shape index (κ3) is 1.58. The first-order chi connectivity index (χ1) is 7.79. The molecule has 0 aliphatic rings. The number of phenolic OH excluding ortho intramolecular Hbond substituents is 1. The number of rotatable bonds is 0. The molecule has 0 radical (unpaired) electrons. The molecule has 0 bridgehead atoms. The van der Waals surface area contributed by atoms with Crippen molar-refractivity contribution >= 4 is 39.6 Å². The zero-order valence-electron chi connectivity index (χ0n) is 9.05. The molecule has 3 heteroatoms. The molecular weight excluding hydrogens is 234 g/mol. The number of hydrogen-bond donors (Lipinski definition) is 2. The highest BCUT2D eigenvalue weighted by Crippen LogP contribution is 2.38. The third-order valence-corrected chi connectivity index (χ3v) is 2.94. The Bertz CT molecular complexity index is 633. The summed E-state index contributed by atoms with van der Waals surface area (Å²) in [7, 11) is 0. The summed E-state index contributed by atoms with van der Waals surface area (Å²) in [6.07, 6.45) is 0. The van der Waals surface area contributed by atoms with E-state index >= 15 is 0 Å². The lowest BCUT2D eigenvalue weighted by molar-refractivity contribution is 0.485. The first-order valence-corrected chi connectivity index (χ1v) is 5.17. The first kappa shape index (κ1) is 11.6. The van der Waals surface area contributed by atoms with E-state index in [0.29, 0.717) is 5.69 Å². The molecule has 0 aromatic heterocycles. The highest BCUT2D eigenvalue weighted by atomic mass is 35.5. The maximum atomic E-state index is 10.0. The molecule has 0 saturated carbocycles. The van der Waals surface area contributed by atoms with E-state index in [4.69, 9.17) is 5.73 Å². The average Bonchev–Trinajstić information content (AvgIpc) is 2.36. The van der Waals surface area contributed by atoms with Gasteiger partial charge in [-0.25, -0.2) is 0 Å². The van der Waals surface area contributed by atoms with E-state index in [9.17, 15) is 5.11 Å². The van der Waals surface area contributed by atoms with Crippen LogP contribution in [0.5, 0.6) is 5.75 Å². The van der Waals surface area contributed by atoms with Crippen LogP contribution in [-0.2, 0) is 0 Å². The van der Waals surface area contributed by atoms with Crippen molar-refractivity contribution in [2.24, 2.45) is 0 Å². The SMILES string of the molecule is Cl.Nc1c(O)c2ccccc2c2ccccc12.